The van der Waals surface area contributed by atoms with E-state index in [4.69, 9.17) is 9.47 Å². The van der Waals surface area contributed by atoms with Gasteiger partial charge in [0.05, 0.1) is 7.11 Å². The van der Waals surface area contributed by atoms with Crippen LogP contribution in [0.3, 0.4) is 0 Å². The van der Waals surface area contributed by atoms with Crippen LogP contribution in [-0.4, -0.2) is 53.2 Å². The summed E-state index contributed by atoms with van der Waals surface area (Å²) in [6.45, 7) is 11.5. The van der Waals surface area contributed by atoms with Crippen molar-refractivity contribution in [1.82, 2.24) is 10.2 Å². The molecule has 3 aromatic rings. The summed E-state index contributed by atoms with van der Waals surface area (Å²) in [6.07, 6.45) is 1.83. The maximum atomic E-state index is 14.7. The lowest BCUT2D eigenvalue weighted by Gasteiger charge is -2.35. The van der Waals surface area contributed by atoms with Crippen molar-refractivity contribution in [3.63, 3.8) is 0 Å². The highest BCUT2D eigenvalue weighted by Crippen LogP contribution is 2.29. The van der Waals surface area contributed by atoms with Gasteiger partial charge in [-0.1, -0.05) is 55.7 Å². The summed E-state index contributed by atoms with van der Waals surface area (Å²) < 4.78 is 10.8. The first-order valence-electron chi connectivity index (χ1n) is 15.4. The van der Waals surface area contributed by atoms with Crippen LogP contribution < -0.4 is 15.4 Å². The number of benzene rings is 3. The third kappa shape index (κ3) is 10.6. The third-order valence-corrected chi connectivity index (χ3v) is 7.29. The van der Waals surface area contributed by atoms with Crippen LogP contribution in [0.4, 0.5) is 10.5 Å². The summed E-state index contributed by atoms with van der Waals surface area (Å²) in [5.41, 5.74) is 3.10. The molecule has 45 heavy (non-hydrogen) atoms. The number of nitrogens with one attached hydrogen (secondary N) is 2. The zero-order chi connectivity index (χ0) is 33.1. The van der Waals surface area contributed by atoms with Crippen LogP contribution in [0, 0.1) is 13.8 Å². The number of nitrogens with zero attached hydrogens (tertiary/aromatic N) is 1. The van der Waals surface area contributed by atoms with Crippen LogP contribution in [0.15, 0.2) is 66.7 Å². The zero-order valence-corrected chi connectivity index (χ0v) is 27.5. The number of ether oxygens (including phenoxy) is 2. The molecule has 0 aromatic heterocycles. The second-order valence-electron chi connectivity index (χ2n) is 12.3. The molecule has 0 aliphatic heterocycles. The van der Waals surface area contributed by atoms with E-state index in [0.717, 1.165) is 29.5 Å². The van der Waals surface area contributed by atoms with Gasteiger partial charge < -0.3 is 30.1 Å². The smallest absolute Gasteiger partial charge is 0.408 e. The van der Waals surface area contributed by atoms with E-state index in [1.807, 2.05) is 32.0 Å². The molecule has 3 aromatic carbocycles. The van der Waals surface area contributed by atoms with Crippen LogP contribution in [0.25, 0.3) is 0 Å². The van der Waals surface area contributed by atoms with Crippen molar-refractivity contribution in [3.05, 3.63) is 89.0 Å². The summed E-state index contributed by atoms with van der Waals surface area (Å²) in [5.74, 6) is -0.0499. The van der Waals surface area contributed by atoms with Crippen LogP contribution in [-0.2, 0) is 20.7 Å². The molecule has 0 aliphatic rings. The Morgan fingerprint density at radius 2 is 1.60 bits per heavy atom. The largest absolute Gasteiger partial charge is 0.508 e. The molecule has 9 heteroatoms. The number of rotatable bonds is 13. The average Bonchev–Trinajstić information content (AvgIpc) is 2.97. The fourth-order valence-electron chi connectivity index (χ4n) is 5.08. The fraction of sp³-hybridized carbons (Fsp3) is 0.417. The molecule has 2 unspecified atom stereocenters. The Kier molecular flexibility index (Phi) is 12.4. The third-order valence-electron chi connectivity index (χ3n) is 7.29. The lowest BCUT2D eigenvalue weighted by molar-refractivity contribution is -0.140. The van der Waals surface area contributed by atoms with E-state index in [0.29, 0.717) is 30.0 Å². The summed E-state index contributed by atoms with van der Waals surface area (Å²) in [5, 5.41) is 15.6. The van der Waals surface area contributed by atoms with Crippen molar-refractivity contribution >= 4 is 23.6 Å². The van der Waals surface area contributed by atoms with Gasteiger partial charge in [-0.3, -0.25) is 9.59 Å². The number of anilines is 1. The van der Waals surface area contributed by atoms with Gasteiger partial charge in [-0.25, -0.2) is 4.79 Å². The second-order valence-corrected chi connectivity index (χ2v) is 12.3. The van der Waals surface area contributed by atoms with Crippen molar-refractivity contribution in [3.8, 4) is 11.5 Å². The highest BCUT2D eigenvalue weighted by atomic mass is 16.6. The highest BCUT2D eigenvalue weighted by Gasteiger charge is 2.37. The van der Waals surface area contributed by atoms with Crippen LogP contribution in [0.1, 0.15) is 75.3 Å². The maximum absolute atomic E-state index is 14.7. The number of unbranched alkanes of at least 4 members (excludes halogenated alkanes) is 2. The number of carbonyl (C=O) groups is 3. The van der Waals surface area contributed by atoms with Crippen molar-refractivity contribution in [2.24, 2.45) is 0 Å². The van der Waals surface area contributed by atoms with E-state index in [9.17, 15) is 19.5 Å². The first-order valence-corrected chi connectivity index (χ1v) is 15.4. The number of phenolic OH excluding ortho intramolecular Hbond substituents is 1. The molecule has 0 radical (unpaired) electrons. The Bertz CT molecular complexity index is 1430. The number of aryl methyl sites for hydroxylation is 2. The van der Waals surface area contributed by atoms with Crippen molar-refractivity contribution < 1.29 is 29.0 Å². The number of methoxy groups -OCH3 is 1. The second kappa shape index (κ2) is 16.0. The normalized spacial score (nSPS) is 12.5. The summed E-state index contributed by atoms with van der Waals surface area (Å²) in [7, 11) is 1.57. The SMILES string of the molecule is CCCCCN(C(=O)C(Cc1ccc(O)cc1)NC(=O)OC(C)(C)C)C(C(=O)Nc1ccc(OC)cc1)c1ccc(C)cc1C. The number of hydrogen-bond acceptors (Lipinski definition) is 6. The number of carbonyl (C=O) groups excluding carboxylic acids is 3. The molecule has 0 aliphatic carbocycles. The number of alkyl carbamates (subject to hydrolysis) is 1. The molecular weight excluding hydrogens is 570 g/mol. The molecule has 0 bridgehead atoms. The Morgan fingerprint density at radius 1 is 0.933 bits per heavy atom. The number of phenols is 1. The topological polar surface area (TPSA) is 117 Å². The van der Waals surface area contributed by atoms with E-state index in [1.54, 1.807) is 69.2 Å². The Morgan fingerprint density at radius 3 is 2.18 bits per heavy atom. The van der Waals surface area contributed by atoms with Crippen LogP contribution in [0.2, 0.25) is 0 Å². The number of amides is 3. The van der Waals surface area contributed by atoms with Gasteiger partial charge in [0, 0.05) is 18.7 Å². The van der Waals surface area contributed by atoms with Gasteiger partial charge in [-0.15, -0.1) is 0 Å². The fourth-order valence-corrected chi connectivity index (χ4v) is 5.08. The van der Waals surface area contributed by atoms with Gasteiger partial charge >= 0.3 is 6.09 Å². The van der Waals surface area contributed by atoms with Crippen molar-refractivity contribution in [1.29, 1.82) is 0 Å². The molecule has 3 N–H and O–H groups in total. The highest BCUT2D eigenvalue weighted by molar-refractivity contribution is 5.99. The zero-order valence-electron chi connectivity index (χ0n) is 27.5. The maximum Gasteiger partial charge on any atom is 0.408 e. The van der Waals surface area contributed by atoms with Crippen molar-refractivity contribution in [2.75, 3.05) is 19.0 Å². The number of hydrogen-bond donors (Lipinski definition) is 3. The average molecular weight is 618 g/mol. The minimum atomic E-state index is -1.05. The van der Waals surface area contributed by atoms with Gasteiger partial charge in [0.15, 0.2) is 0 Å². The molecule has 0 spiro atoms. The first kappa shape index (κ1) is 35.0. The molecule has 9 nitrogen and oxygen atoms in total. The summed E-state index contributed by atoms with van der Waals surface area (Å²) in [4.78, 5) is 43.5. The van der Waals surface area contributed by atoms with Gasteiger partial charge in [0.1, 0.15) is 29.2 Å². The Balaban J connectivity index is 2.09. The molecule has 0 saturated carbocycles. The summed E-state index contributed by atoms with van der Waals surface area (Å²) in [6, 6.07) is 17.2. The minimum absolute atomic E-state index is 0.0908. The van der Waals surface area contributed by atoms with E-state index in [2.05, 4.69) is 17.6 Å². The molecule has 0 fully saturated rings. The van der Waals surface area contributed by atoms with Gasteiger partial charge in [0.25, 0.3) is 5.91 Å². The van der Waals surface area contributed by atoms with Gasteiger partial charge in [-0.05, 0) is 94.1 Å². The lowest BCUT2D eigenvalue weighted by atomic mass is 9.95. The molecule has 3 rings (SSSR count). The Hall–Kier alpha value is -4.53. The number of aromatic hydroxyl groups is 1. The Labute approximate surface area is 266 Å². The van der Waals surface area contributed by atoms with E-state index in [1.165, 1.54) is 12.1 Å². The molecular formula is C36H47N3O6. The van der Waals surface area contributed by atoms with Crippen LogP contribution >= 0.6 is 0 Å². The minimum Gasteiger partial charge on any atom is -0.508 e. The quantitative estimate of drug-likeness (QED) is 0.181. The van der Waals surface area contributed by atoms with E-state index in [-0.39, 0.29) is 18.1 Å². The van der Waals surface area contributed by atoms with Crippen molar-refractivity contribution in [2.45, 2.75) is 84.9 Å². The molecule has 2 atom stereocenters. The predicted molar refractivity (Wildman–Crippen MR) is 176 cm³/mol. The lowest BCUT2D eigenvalue weighted by Crippen LogP contribution is -2.53. The van der Waals surface area contributed by atoms with E-state index < -0.39 is 29.7 Å². The van der Waals surface area contributed by atoms with Gasteiger partial charge in [-0.2, -0.15) is 0 Å². The standard InChI is InChI=1S/C36H47N3O6/c1-8-9-10-21-39(34(42)31(38-35(43)45-36(4,5)6)23-26-12-16-28(40)17-13-26)32(30-20-11-24(2)22-25(30)3)33(41)37-27-14-18-29(44-7)19-15-27/h11-20,22,31-32,40H,8-10,21,23H2,1-7H3,(H,37,41)(H,38,43). The summed E-state index contributed by atoms with van der Waals surface area (Å²) >= 11 is 0. The predicted octanol–water partition coefficient (Wildman–Crippen LogP) is 6.85. The first-order chi connectivity index (χ1) is 21.3. The molecule has 0 heterocycles. The van der Waals surface area contributed by atoms with Gasteiger partial charge in [0.2, 0.25) is 5.91 Å². The van der Waals surface area contributed by atoms with E-state index >= 15 is 0 Å². The molecule has 0 saturated heterocycles. The van der Waals surface area contributed by atoms with Crippen LogP contribution in [0.5, 0.6) is 11.5 Å². The molecule has 3 amide bonds. The molecule has 242 valence electrons. The monoisotopic (exact) mass is 617 g/mol.